The Bertz CT molecular complexity index is 90.1. The van der Waals surface area contributed by atoms with Gasteiger partial charge >= 0.3 is 69.7 Å². The van der Waals surface area contributed by atoms with Crippen LogP contribution in [0.4, 0.5) is 0 Å². The van der Waals surface area contributed by atoms with Gasteiger partial charge in [-0.25, -0.2) is 0 Å². The molecule has 0 rings (SSSR count). The second-order valence-corrected chi connectivity index (χ2v) is 2.25. The third kappa shape index (κ3) is 6.63. The molecule has 10 heavy (non-hydrogen) atoms. The van der Waals surface area contributed by atoms with E-state index in [1.165, 1.54) is 20.8 Å². The molecule has 0 amide bonds. The zero-order valence-corrected chi connectivity index (χ0v) is 6.75. The van der Waals surface area contributed by atoms with Gasteiger partial charge in [-0.15, -0.1) is 0 Å². The van der Waals surface area contributed by atoms with Gasteiger partial charge in [0, 0.05) is 0 Å². The molecular weight excluding hydrogens is 176 g/mol. The normalized spacial score (nSPS) is 15.1. The molecule has 0 aliphatic carbocycles. The number of aliphatic hydroxyl groups excluding tert-OH is 1. The minimum absolute atomic E-state index is 0.0278. The summed E-state index contributed by atoms with van der Waals surface area (Å²) in [5.74, 6) is -2.71. The Morgan fingerprint density at radius 2 is 1.90 bits per heavy atom. The fourth-order valence-electron chi connectivity index (χ4n) is 0.376. The van der Waals surface area contributed by atoms with Crippen molar-refractivity contribution in [2.75, 3.05) is 0 Å². The molecule has 5 nitrogen and oxygen atoms in total. The average molecular weight is 185 g/mol. The first kappa shape index (κ1) is 10.5. The second-order valence-electron chi connectivity index (χ2n) is 1.89. The van der Waals surface area contributed by atoms with Crippen molar-refractivity contribution in [2.45, 2.75) is 25.1 Å². The van der Waals surface area contributed by atoms with Gasteiger partial charge in [0.15, 0.2) is 0 Å². The Morgan fingerprint density at radius 3 is 2.20 bits per heavy atom. The summed E-state index contributed by atoms with van der Waals surface area (Å²) in [6.45, 7) is 0. The van der Waals surface area contributed by atoms with Gasteiger partial charge in [0.2, 0.25) is 0 Å². The molecule has 0 aliphatic heterocycles. The van der Waals surface area contributed by atoms with Crippen molar-refractivity contribution in [1.29, 1.82) is 0 Å². The first-order chi connectivity index (χ1) is 4.45. The van der Waals surface area contributed by atoms with Crippen LogP contribution >= 0.6 is 0 Å². The average Bonchev–Trinajstić information content (AvgIpc) is 1.81. The maximum absolute atomic E-state index is 8.67. The van der Waals surface area contributed by atoms with Crippen LogP contribution in [-0.2, 0) is 24.1 Å². The number of hydrogen-bond acceptors (Lipinski definition) is 5. The van der Waals surface area contributed by atoms with E-state index >= 15 is 0 Å². The van der Waals surface area contributed by atoms with Crippen LogP contribution in [0.2, 0.25) is 0 Å². The van der Waals surface area contributed by atoms with Gasteiger partial charge < -0.3 is 0 Å². The zero-order valence-electron chi connectivity index (χ0n) is 5.19. The van der Waals surface area contributed by atoms with Crippen LogP contribution in [0.1, 0.15) is 12.8 Å². The number of aliphatic hydroxyl groups is 4. The molecule has 0 fully saturated rings. The summed E-state index contributed by atoms with van der Waals surface area (Å²) < 4.78 is 4.37. The molecule has 0 saturated carbocycles. The van der Waals surface area contributed by atoms with Crippen LogP contribution < -0.4 is 0 Å². The molecule has 0 aromatic heterocycles. The third-order valence-electron chi connectivity index (χ3n) is 0.863. The zero-order chi connectivity index (χ0) is 8.20. The first-order valence-corrected chi connectivity index (χ1v) is 3.27. The van der Waals surface area contributed by atoms with E-state index in [1.54, 1.807) is 0 Å². The monoisotopic (exact) mass is 185 g/mol. The van der Waals surface area contributed by atoms with Crippen LogP contribution in [0.15, 0.2) is 0 Å². The molecule has 0 bridgehead atoms. The van der Waals surface area contributed by atoms with E-state index in [2.05, 4.69) is 3.32 Å². The standard InChI is InChI=1S/C4H9O5.Ti/c5-3(6)1-2-4(7,8)9;/h3,5,7-9H,1-2H2;/q-1;+1. The van der Waals surface area contributed by atoms with Crippen LogP contribution in [0, 0.1) is 0 Å². The maximum atomic E-state index is 8.67. The van der Waals surface area contributed by atoms with Gasteiger partial charge in [0.25, 0.3) is 0 Å². The summed E-state index contributed by atoms with van der Waals surface area (Å²) in [6.07, 6.45) is -1.44. The summed E-state index contributed by atoms with van der Waals surface area (Å²) in [4.78, 5) is 0. The van der Waals surface area contributed by atoms with Crippen LogP contribution in [0.5, 0.6) is 0 Å². The molecule has 1 atom stereocenters. The van der Waals surface area contributed by atoms with Gasteiger partial charge in [-0.05, 0) is 0 Å². The Balaban J connectivity index is 3.36. The van der Waals surface area contributed by atoms with Crippen LogP contribution in [-0.4, -0.2) is 32.7 Å². The first-order valence-electron chi connectivity index (χ1n) is 2.63. The summed E-state index contributed by atoms with van der Waals surface area (Å²) in [5, 5.41) is 33.6. The summed E-state index contributed by atoms with van der Waals surface area (Å²) in [7, 11) is 0. The van der Waals surface area contributed by atoms with Gasteiger partial charge in [-0.2, -0.15) is 0 Å². The van der Waals surface area contributed by atoms with Crippen molar-refractivity contribution < 1.29 is 44.6 Å². The topological polar surface area (TPSA) is 90.2 Å². The van der Waals surface area contributed by atoms with Crippen molar-refractivity contribution in [3.05, 3.63) is 0 Å². The Morgan fingerprint density at radius 1 is 1.40 bits per heavy atom. The van der Waals surface area contributed by atoms with E-state index in [0.717, 1.165) is 0 Å². The van der Waals surface area contributed by atoms with Crippen molar-refractivity contribution in [3.63, 3.8) is 0 Å². The molecule has 4 N–H and O–H groups in total. The number of rotatable bonds is 4. The molecule has 0 radical (unpaired) electrons. The van der Waals surface area contributed by atoms with E-state index in [-0.39, 0.29) is 12.8 Å². The van der Waals surface area contributed by atoms with Gasteiger partial charge in [0.1, 0.15) is 0 Å². The molecule has 0 spiro atoms. The van der Waals surface area contributed by atoms with Gasteiger partial charge in [-0.3, -0.25) is 0 Å². The quantitative estimate of drug-likeness (QED) is 0.306. The Labute approximate surface area is 70.1 Å². The fourth-order valence-corrected chi connectivity index (χ4v) is 0.560. The summed E-state index contributed by atoms with van der Waals surface area (Å²) >= 11 is 1.28. The molecule has 0 aromatic carbocycles. The van der Waals surface area contributed by atoms with E-state index in [0.29, 0.717) is 0 Å². The molecule has 1 unspecified atom stereocenters. The molecular formula is C4H9O5Ti. The van der Waals surface area contributed by atoms with Gasteiger partial charge in [-0.1, -0.05) is 0 Å². The minimum atomic E-state index is -2.71. The Kier molecular flexibility index (Phi) is 4.63. The van der Waals surface area contributed by atoms with E-state index in [1.807, 2.05) is 0 Å². The van der Waals surface area contributed by atoms with Crippen molar-refractivity contribution >= 4 is 0 Å². The third-order valence-corrected chi connectivity index (χ3v) is 1.29. The second kappa shape index (κ2) is 4.40. The predicted molar refractivity (Wildman–Crippen MR) is 25.7 cm³/mol. The van der Waals surface area contributed by atoms with Crippen molar-refractivity contribution in [2.24, 2.45) is 0 Å². The molecule has 0 saturated heterocycles. The predicted octanol–water partition coefficient (Wildman–Crippen LogP) is -1.81. The van der Waals surface area contributed by atoms with E-state index in [9.17, 15) is 0 Å². The van der Waals surface area contributed by atoms with Crippen molar-refractivity contribution in [1.82, 2.24) is 0 Å². The molecule has 59 valence electrons. The summed E-state index contributed by atoms with van der Waals surface area (Å²) in [6, 6.07) is 0. The van der Waals surface area contributed by atoms with E-state index < -0.39 is 12.3 Å². The molecule has 0 heterocycles. The molecule has 6 heteroatoms. The van der Waals surface area contributed by atoms with E-state index in [4.69, 9.17) is 20.4 Å². The molecule has 0 aliphatic rings. The summed E-state index contributed by atoms with van der Waals surface area (Å²) in [5.41, 5.74) is 0. The van der Waals surface area contributed by atoms with Crippen LogP contribution in [0.3, 0.4) is 0 Å². The fraction of sp³-hybridized carbons (Fsp3) is 1.00. The molecule has 0 aromatic rings. The Hall–Kier alpha value is 0.514. The SMILES string of the molecule is OC(CCC(O)(O)O)[O][Ti]. The number of hydrogen-bond donors (Lipinski definition) is 4. The van der Waals surface area contributed by atoms with Crippen molar-refractivity contribution in [3.8, 4) is 0 Å². The van der Waals surface area contributed by atoms with Crippen LogP contribution in [0.25, 0.3) is 0 Å². The van der Waals surface area contributed by atoms with Gasteiger partial charge in [0.05, 0.1) is 0 Å².